The van der Waals surface area contributed by atoms with E-state index in [0.29, 0.717) is 34.3 Å². The minimum Gasteiger partial charge on any atom is -0.497 e. The van der Waals surface area contributed by atoms with Crippen molar-refractivity contribution >= 4 is 33.4 Å². The molecule has 5 rings (SSSR count). The van der Waals surface area contributed by atoms with Crippen molar-refractivity contribution in [2.45, 2.75) is 13.0 Å². The monoisotopic (exact) mass is 445 g/mol. The number of ether oxygens (including phenoxy) is 1. The second kappa shape index (κ2) is 8.05. The molecule has 3 heterocycles. The lowest BCUT2D eigenvalue weighted by molar-refractivity contribution is 0.0650. The van der Waals surface area contributed by atoms with Gasteiger partial charge in [-0.15, -0.1) is 11.3 Å². The molecule has 0 aliphatic carbocycles. The number of imide groups is 1. The summed E-state index contributed by atoms with van der Waals surface area (Å²) in [4.78, 5) is 44.6. The van der Waals surface area contributed by atoms with Crippen molar-refractivity contribution in [2.24, 2.45) is 0 Å². The van der Waals surface area contributed by atoms with Gasteiger partial charge in [0.2, 0.25) is 0 Å². The van der Waals surface area contributed by atoms with Gasteiger partial charge in [0, 0.05) is 24.0 Å². The summed E-state index contributed by atoms with van der Waals surface area (Å²) in [7, 11) is 1.61. The highest BCUT2D eigenvalue weighted by atomic mass is 32.1. The number of benzene rings is 2. The molecule has 0 bridgehead atoms. The molecular weight excluding hydrogens is 426 g/mol. The Kier molecular flexibility index (Phi) is 5.07. The zero-order valence-electron chi connectivity index (χ0n) is 17.3. The number of thiophene rings is 1. The first-order valence-electron chi connectivity index (χ1n) is 10.1. The first-order chi connectivity index (χ1) is 15.6. The fraction of sp³-hybridized carbons (Fsp3) is 0.167. The van der Waals surface area contributed by atoms with Gasteiger partial charge in [0.1, 0.15) is 10.6 Å². The van der Waals surface area contributed by atoms with Gasteiger partial charge >= 0.3 is 0 Å². The summed E-state index contributed by atoms with van der Waals surface area (Å²) in [5.74, 6) is 0.175. The average Bonchev–Trinajstić information content (AvgIpc) is 3.36. The van der Waals surface area contributed by atoms with Crippen molar-refractivity contribution in [1.29, 1.82) is 0 Å². The standard InChI is InChI=1S/C24H19N3O4S/c1-31-16-9-7-15(8-10-16)19-13-32-21-20(19)24(30)26(14-25-21)11-4-12-27-22(28)17-5-2-3-6-18(17)23(27)29/h2-3,5-10,13-14H,4,11-12H2,1H3. The van der Waals surface area contributed by atoms with Gasteiger partial charge in [0.05, 0.1) is 30.0 Å². The number of rotatable bonds is 6. The van der Waals surface area contributed by atoms with E-state index in [2.05, 4.69) is 4.98 Å². The van der Waals surface area contributed by atoms with Crippen molar-refractivity contribution in [2.75, 3.05) is 13.7 Å². The number of hydrogen-bond acceptors (Lipinski definition) is 6. The van der Waals surface area contributed by atoms with Crippen LogP contribution in [0.1, 0.15) is 27.1 Å². The lowest BCUT2D eigenvalue weighted by atomic mass is 10.1. The highest BCUT2D eigenvalue weighted by Crippen LogP contribution is 2.31. The molecule has 0 N–H and O–H groups in total. The van der Waals surface area contributed by atoms with E-state index in [0.717, 1.165) is 16.9 Å². The van der Waals surface area contributed by atoms with Crippen molar-refractivity contribution in [3.63, 3.8) is 0 Å². The molecule has 0 radical (unpaired) electrons. The molecule has 2 aromatic heterocycles. The highest BCUT2D eigenvalue weighted by Gasteiger charge is 2.34. The number of hydrogen-bond donors (Lipinski definition) is 0. The van der Waals surface area contributed by atoms with Gasteiger partial charge in [-0.3, -0.25) is 23.9 Å². The van der Waals surface area contributed by atoms with Crippen LogP contribution in [0.4, 0.5) is 0 Å². The maximum absolute atomic E-state index is 13.2. The second-order valence-corrected chi connectivity index (χ2v) is 8.32. The molecule has 0 unspecified atom stereocenters. The molecule has 1 aliphatic rings. The molecule has 4 aromatic rings. The number of fused-ring (bicyclic) bond motifs is 2. The third-order valence-electron chi connectivity index (χ3n) is 5.62. The third kappa shape index (κ3) is 3.29. The molecule has 7 nitrogen and oxygen atoms in total. The topological polar surface area (TPSA) is 81.5 Å². The summed E-state index contributed by atoms with van der Waals surface area (Å²) < 4.78 is 6.75. The summed E-state index contributed by atoms with van der Waals surface area (Å²) >= 11 is 1.43. The van der Waals surface area contributed by atoms with Gasteiger partial charge in [0.25, 0.3) is 17.4 Å². The van der Waals surface area contributed by atoms with E-state index in [1.165, 1.54) is 22.6 Å². The van der Waals surface area contributed by atoms with Crippen molar-refractivity contribution in [1.82, 2.24) is 14.5 Å². The second-order valence-electron chi connectivity index (χ2n) is 7.46. The van der Waals surface area contributed by atoms with Crippen LogP contribution >= 0.6 is 11.3 Å². The number of carbonyl (C=O) groups is 2. The van der Waals surface area contributed by atoms with Crippen LogP contribution in [0.2, 0.25) is 0 Å². The van der Waals surface area contributed by atoms with Gasteiger partial charge in [-0.05, 0) is 36.2 Å². The van der Waals surface area contributed by atoms with Gasteiger partial charge in [-0.1, -0.05) is 24.3 Å². The Morgan fingerprint density at radius 1 is 0.906 bits per heavy atom. The van der Waals surface area contributed by atoms with Gasteiger partial charge in [0.15, 0.2) is 0 Å². The number of amides is 2. The minimum absolute atomic E-state index is 0.135. The average molecular weight is 446 g/mol. The van der Waals surface area contributed by atoms with Gasteiger partial charge < -0.3 is 4.74 Å². The predicted octanol–water partition coefficient (Wildman–Crippen LogP) is 3.82. The van der Waals surface area contributed by atoms with E-state index in [1.54, 1.807) is 35.9 Å². The highest BCUT2D eigenvalue weighted by molar-refractivity contribution is 7.17. The van der Waals surface area contributed by atoms with Crippen molar-refractivity contribution in [3.8, 4) is 16.9 Å². The Hall–Kier alpha value is -3.78. The Bertz CT molecular complexity index is 1370. The first kappa shape index (κ1) is 20.1. The smallest absolute Gasteiger partial charge is 0.262 e. The fourth-order valence-electron chi connectivity index (χ4n) is 3.95. The summed E-state index contributed by atoms with van der Waals surface area (Å²) in [6, 6.07) is 14.4. The molecule has 0 saturated heterocycles. The van der Waals surface area contributed by atoms with Crippen LogP contribution < -0.4 is 10.3 Å². The van der Waals surface area contributed by atoms with Crippen LogP contribution in [0.25, 0.3) is 21.3 Å². The first-order valence-corrected chi connectivity index (χ1v) is 11.0. The van der Waals surface area contributed by atoms with E-state index < -0.39 is 0 Å². The molecule has 0 saturated carbocycles. The zero-order valence-corrected chi connectivity index (χ0v) is 18.1. The number of methoxy groups -OCH3 is 1. The van der Waals surface area contributed by atoms with Crippen LogP contribution in [0.5, 0.6) is 5.75 Å². The van der Waals surface area contributed by atoms with E-state index in [4.69, 9.17) is 4.74 Å². The lowest BCUT2D eigenvalue weighted by Crippen LogP contribution is -2.32. The Morgan fingerprint density at radius 3 is 2.25 bits per heavy atom. The number of nitrogens with zero attached hydrogens (tertiary/aromatic N) is 3. The van der Waals surface area contributed by atoms with Crippen LogP contribution in [-0.4, -0.2) is 39.9 Å². The normalized spacial score (nSPS) is 13.1. The maximum Gasteiger partial charge on any atom is 0.262 e. The van der Waals surface area contributed by atoms with Crippen LogP contribution in [-0.2, 0) is 6.54 Å². The molecule has 160 valence electrons. The number of aromatic nitrogens is 2. The molecular formula is C24H19N3O4S. The van der Waals surface area contributed by atoms with Crippen LogP contribution in [0.15, 0.2) is 65.0 Å². The van der Waals surface area contributed by atoms with E-state index in [9.17, 15) is 14.4 Å². The quantitative estimate of drug-likeness (QED) is 0.422. The Morgan fingerprint density at radius 2 is 1.59 bits per heavy atom. The molecule has 1 aliphatic heterocycles. The molecule has 2 aromatic carbocycles. The summed E-state index contributed by atoms with van der Waals surface area (Å²) in [5, 5.41) is 2.51. The fourth-order valence-corrected chi connectivity index (χ4v) is 4.86. The Balaban J connectivity index is 1.36. The van der Waals surface area contributed by atoms with E-state index in [1.807, 2.05) is 29.6 Å². The molecule has 8 heteroatoms. The van der Waals surface area contributed by atoms with E-state index >= 15 is 0 Å². The molecule has 2 amide bonds. The third-order valence-corrected chi connectivity index (χ3v) is 6.51. The van der Waals surface area contributed by atoms with Crippen molar-refractivity contribution < 1.29 is 14.3 Å². The SMILES string of the molecule is COc1ccc(-c2csc3ncn(CCCN4C(=O)c5ccccc5C4=O)c(=O)c23)cc1. The molecule has 32 heavy (non-hydrogen) atoms. The van der Waals surface area contributed by atoms with Gasteiger partial charge in [-0.2, -0.15) is 0 Å². The summed E-state index contributed by atoms with van der Waals surface area (Å²) in [6.07, 6.45) is 1.99. The number of carbonyl (C=O) groups excluding carboxylic acids is 2. The maximum atomic E-state index is 13.2. The van der Waals surface area contributed by atoms with Gasteiger partial charge in [-0.25, -0.2) is 4.98 Å². The number of aryl methyl sites for hydroxylation is 1. The zero-order chi connectivity index (χ0) is 22.2. The van der Waals surface area contributed by atoms with E-state index in [-0.39, 0.29) is 23.9 Å². The minimum atomic E-state index is -0.286. The van der Waals surface area contributed by atoms with Crippen LogP contribution in [0, 0.1) is 0 Å². The Labute approximate surface area is 187 Å². The predicted molar refractivity (Wildman–Crippen MR) is 122 cm³/mol. The largest absolute Gasteiger partial charge is 0.497 e. The molecule has 0 spiro atoms. The summed E-state index contributed by atoms with van der Waals surface area (Å²) in [5.41, 5.74) is 2.48. The molecule has 0 atom stereocenters. The molecule has 0 fully saturated rings. The summed E-state index contributed by atoms with van der Waals surface area (Å²) in [6.45, 7) is 0.596. The lowest BCUT2D eigenvalue weighted by Gasteiger charge is -2.14. The van der Waals surface area contributed by atoms with Crippen LogP contribution in [0.3, 0.4) is 0 Å². The van der Waals surface area contributed by atoms with Crippen molar-refractivity contribution in [3.05, 3.63) is 81.7 Å².